The molecule has 0 rings (SSSR count). The van der Waals surface area contributed by atoms with Gasteiger partial charge in [0.25, 0.3) is 0 Å². The highest BCUT2D eigenvalue weighted by Crippen LogP contribution is 2.24. The first-order valence-corrected chi connectivity index (χ1v) is 4.00. The molecule has 4 nitrogen and oxygen atoms in total. The van der Waals surface area contributed by atoms with Gasteiger partial charge < -0.3 is 5.73 Å². The van der Waals surface area contributed by atoms with Gasteiger partial charge in [-0.1, -0.05) is 6.92 Å². The summed E-state index contributed by atoms with van der Waals surface area (Å²) in [5.41, 5.74) is 5.02. The van der Waals surface area contributed by atoms with Gasteiger partial charge in [0.15, 0.2) is 0 Å². The van der Waals surface area contributed by atoms with Crippen LogP contribution in [0.3, 0.4) is 0 Å². The van der Waals surface area contributed by atoms with Gasteiger partial charge in [0.2, 0.25) is 0 Å². The second-order valence-corrected chi connectivity index (χ2v) is 3.17. The molecular formula is C9H12N4. The van der Waals surface area contributed by atoms with Gasteiger partial charge in [0.1, 0.15) is 0 Å². The first kappa shape index (κ1) is 11.4. The lowest BCUT2D eigenvalue weighted by Crippen LogP contribution is -2.45. The van der Waals surface area contributed by atoms with Crippen LogP contribution in [0.25, 0.3) is 0 Å². The van der Waals surface area contributed by atoms with Crippen LogP contribution in [0.15, 0.2) is 0 Å². The van der Waals surface area contributed by atoms with Crippen molar-refractivity contribution in [2.75, 3.05) is 0 Å². The zero-order valence-electron chi connectivity index (χ0n) is 7.62. The van der Waals surface area contributed by atoms with Gasteiger partial charge in [-0.05, 0) is 5.92 Å². The SMILES string of the molecule is CC(CC#N)C(N)(CC#N)CC#N. The number of nitriles is 3. The van der Waals surface area contributed by atoms with Gasteiger partial charge >= 0.3 is 0 Å². The fourth-order valence-electron chi connectivity index (χ4n) is 1.05. The monoisotopic (exact) mass is 176 g/mol. The number of hydrogen-bond acceptors (Lipinski definition) is 4. The van der Waals surface area contributed by atoms with E-state index in [4.69, 9.17) is 21.5 Å². The lowest BCUT2D eigenvalue weighted by Gasteiger charge is -2.29. The molecule has 0 aliphatic carbocycles. The van der Waals surface area contributed by atoms with Crippen LogP contribution in [0.2, 0.25) is 0 Å². The molecule has 13 heavy (non-hydrogen) atoms. The number of rotatable bonds is 4. The van der Waals surface area contributed by atoms with Crippen LogP contribution >= 0.6 is 0 Å². The van der Waals surface area contributed by atoms with E-state index in [9.17, 15) is 0 Å². The van der Waals surface area contributed by atoms with Crippen molar-refractivity contribution < 1.29 is 0 Å². The third kappa shape index (κ3) is 3.11. The number of nitrogens with zero attached hydrogens (tertiary/aromatic N) is 3. The molecule has 0 amide bonds. The fourth-order valence-corrected chi connectivity index (χ4v) is 1.05. The summed E-state index contributed by atoms with van der Waals surface area (Å²) in [6.45, 7) is 1.79. The zero-order valence-corrected chi connectivity index (χ0v) is 7.62. The van der Waals surface area contributed by atoms with E-state index in [0.29, 0.717) is 0 Å². The molecular weight excluding hydrogens is 164 g/mol. The lowest BCUT2D eigenvalue weighted by atomic mass is 9.79. The first-order chi connectivity index (χ1) is 6.10. The summed E-state index contributed by atoms with van der Waals surface area (Å²) < 4.78 is 0. The Kier molecular flexibility index (Phi) is 4.52. The van der Waals surface area contributed by atoms with Crippen LogP contribution in [0.4, 0.5) is 0 Å². The normalized spacial score (nSPS) is 12.2. The van der Waals surface area contributed by atoms with E-state index in [0.717, 1.165) is 0 Å². The average molecular weight is 176 g/mol. The van der Waals surface area contributed by atoms with E-state index in [2.05, 4.69) is 0 Å². The van der Waals surface area contributed by atoms with E-state index < -0.39 is 5.54 Å². The molecule has 0 radical (unpaired) electrons. The lowest BCUT2D eigenvalue weighted by molar-refractivity contribution is 0.303. The first-order valence-electron chi connectivity index (χ1n) is 4.00. The van der Waals surface area contributed by atoms with Crippen LogP contribution in [-0.2, 0) is 0 Å². The van der Waals surface area contributed by atoms with Crippen molar-refractivity contribution in [1.29, 1.82) is 15.8 Å². The minimum Gasteiger partial charge on any atom is -0.323 e. The summed E-state index contributed by atoms with van der Waals surface area (Å²) in [5.74, 6) is -0.128. The largest absolute Gasteiger partial charge is 0.323 e. The van der Waals surface area contributed by atoms with Gasteiger partial charge in [0, 0.05) is 12.0 Å². The molecule has 0 fully saturated rings. The maximum absolute atomic E-state index is 8.52. The summed E-state index contributed by atoms with van der Waals surface area (Å²) >= 11 is 0. The third-order valence-corrected chi connectivity index (χ3v) is 2.20. The van der Waals surface area contributed by atoms with E-state index in [1.54, 1.807) is 6.92 Å². The van der Waals surface area contributed by atoms with E-state index in [1.807, 2.05) is 18.2 Å². The van der Waals surface area contributed by atoms with Gasteiger partial charge in [-0.3, -0.25) is 0 Å². The van der Waals surface area contributed by atoms with E-state index in [-0.39, 0.29) is 25.2 Å². The molecule has 0 aromatic carbocycles. The van der Waals surface area contributed by atoms with Crippen LogP contribution in [0.5, 0.6) is 0 Å². The van der Waals surface area contributed by atoms with Crippen LogP contribution in [-0.4, -0.2) is 5.54 Å². The summed E-state index contributed by atoms with van der Waals surface area (Å²) in [5, 5.41) is 25.5. The van der Waals surface area contributed by atoms with Crippen LogP contribution in [0.1, 0.15) is 26.2 Å². The van der Waals surface area contributed by atoms with Crippen molar-refractivity contribution >= 4 is 0 Å². The molecule has 0 aliphatic heterocycles. The molecule has 0 aromatic heterocycles. The second kappa shape index (κ2) is 5.14. The number of nitrogens with two attached hydrogens (primary N) is 1. The molecule has 1 unspecified atom stereocenters. The summed E-state index contributed by atoms with van der Waals surface area (Å²) in [4.78, 5) is 0. The Labute approximate surface area is 78.2 Å². The highest BCUT2D eigenvalue weighted by molar-refractivity contribution is 5.03. The van der Waals surface area contributed by atoms with Gasteiger partial charge in [-0.15, -0.1) is 0 Å². The quantitative estimate of drug-likeness (QED) is 0.692. The Morgan fingerprint density at radius 1 is 1.15 bits per heavy atom. The summed E-state index contributed by atoms with van der Waals surface area (Å²) in [6.07, 6.45) is 0.507. The maximum atomic E-state index is 8.52. The Morgan fingerprint density at radius 2 is 1.62 bits per heavy atom. The van der Waals surface area contributed by atoms with E-state index >= 15 is 0 Å². The fraction of sp³-hybridized carbons (Fsp3) is 0.667. The Hall–Kier alpha value is -1.57. The highest BCUT2D eigenvalue weighted by atomic mass is 14.8. The molecule has 2 N–H and O–H groups in total. The highest BCUT2D eigenvalue weighted by Gasteiger charge is 2.31. The number of hydrogen-bond donors (Lipinski definition) is 1. The molecule has 0 heterocycles. The van der Waals surface area contributed by atoms with Crippen molar-refractivity contribution in [3.63, 3.8) is 0 Å². The van der Waals surface area contributed by atoms with Crippen molar-refractivity contribution in [1.82, 2.24) is 0 Å². The average Bonchev–Trinajstić information content (AvgIpc) is 2.05. The molecule has 0 saturated carbocycles. The minimum absolute atomic E-state index is 0.114. The predicted molar refractivity (Wildman–Crippen MR) is 46.8 cm³/mol. The zero-order chi connectivity index (χ0) is 10.3. The molecule has 0 aromatic rings. The molecule has 0 saturated heterocycles. The minimum atomic E-state index is -0.834. The molecule has 0 bridgehead atoms. The summed E-state index contributed by atoms with van der Waals surface area (Å²) in [7, 11) is 0. The topological polar surface area (TPSA) is 97.4 Å². The third-order valence-electron chi connectivity index (χ3n) is 2.20. The smallest absolute Gasteiger partial charge is 0.0641 e. The Morgan fingerprint density at radius 3 is 1.92 bits per heavy atom. The van der Waals surface area contributed by atoms with Gasteiger partial charge in [-0.2, -0.15) is 15.8 Å². The standard InChI is InChI=1S/C9H12N4/c1-8(2-5-10)9(13,3-6-11)4-7-12/h8H,2-4,13H2,1H3. The van der Waals surface area contributed by atoms with E-state index in [1.165, 1.54) is 0 Å². The van der Waals surface area contributed by atoms with Crippen molar-refractivity contribution in [3.05, 3.63) is 0 Å². The Balaban J connectivity index is 4.52. The van der Waals surface area contributed by atoms with Crippen molar-refractivity contribution in [2.45, 2.75) is 31.7 Å². The molecule has 0 spiro atoms. The maximum Gasteiger partial charge on any atom is 0.0641 e. The van der Waals surface area contributed by atoms with Crippen LogP contribution < -0.4 is 5.73 Å². The molecule has 4 heteroatoms. The predicted octanol–water partition coefficient (Wildman–Crippen LogP) is 1.06. The van der Waals surface area contributed by atoms with Gasteiger partial charge in [0.05, 0.1) is 31.0 Å². The molecule has 1 atom stereocenters. The van der Waals surface area contributed by atoms with Crippen molar-refractivity contribution in [3.8, 4) is 18.2 Å². The van der Waals surface area contributed by atoms with Crippen LogP contribution in [0, 0.1) is 39.9 Å². The molecule has 0 aliphatic rings. The second-order valence-electron chi connectivity index (χ2n) is 3.17. The summed E-state index contributed by atoms with van der Waals surface area (Å²) in [6, 6.07) is 5.88. The molecule has 68 valence electrons. The Bertz CT molecular complexity index is 259. The van der Waals surface area contributed by atoms with Crippen molar-refractivity contribution in [2.24, 2.45) is 11.7 Å². The van der Waals surface area contributed by atoms with Gasteiger partial charge in [-0.25, -0.2) is 0 Å².